The lowest BCUT2D eigenvalue weighted by Crippen LogP contribution is -2.08. The second-order valence-electron chi connectivity index (χ2n) is 2.96. The fourth-order valence-electron chi connectivity index (χ4n) is 1.13. The fourth-order valence-corrected chi connectivity index (χ4v) is 1.13. The van der Waals surface area contributed by atoms with E-state index in [9.17, 15) is 9.59 Å². The van der Waals surface area contributed by atoms with Crippen LogP contribution in [-0.4, -0.2) is 17.0 Å². The third-order valence-electron chi connectivity index (χ3n) is 1.74. The summed E-state index contributed by atoms with van der Waals surface area (Å²) in [6, 6.07) is 6.69. The molecule has 0 atom stereocenters. The smallest absolute Gasteiger partial charge is 0.307 e. The lowest BCUT2D eigenvalue weighted by Gasteiger charge is -2.03. The van der Waals surface area contributed by atoms with Crippen LogP contribution in [0.1, 0.15) is 5.56 Å². The predicted octanol–water partition coefficient (Wildman–Crippen LogP) is 1.44. The van der Waals surface area contributed by atoms with Crippen LogP contribution in [0.25, 0.3) is 0 Å². The minimum atomic E-state index is -0.901. The quantitative estimate of drug-likeness (QED) is 0.731. The molecule has 1 amide bonds. The molecule has 4 heteroatoms. The van der Waals surface area contributed by atoms with Crippen molar-refractivity contribution in [3.05, 3.63) is 42.5 Å². The number of benzene rings is 1. The van der Waals surface area contributed by atoms with Gasteiger partial charge in [-0.05, 0) is 23.8 Å². The average molecular weight is 205 g/mol. The molecular weight excluding hydrogens is 194 g/mol. The number of carbonyl (C=O) groups excluding carboxylic acids is 1. The van der Waals surface area contributed by atoms with E-state index in [2.05, 4.69) is 11.9 Å². The Labute approximate surface area is 87.2 Å². The van der Waals surface area contributed by atoms with Gasteiger partial charge in [-0.15, -0.1) is 0 Å². The Morgan fingerprint density at radius 2 is 2.20 bits per heavy atom. The van der Waals surface area contributed by atoms with Gasteiger partial charge in [0.15, 0.2) is 0 Å². The van der Waals surface area contributed by atoms with Crippen molar-refractivity contribution in [2.45, 2.75) is 6.42 Å². The first-order valence-corrected chi connectivity index (χ1v) is 4.36. The van der Waals surface area contributed by atoms with E-state index in [-0.39, 0.29) is 12.3 Å². The zero-order chi connectivity index (χ0) is 11.3. The molecule has 0 aromatic heterocycles. The minimum Gasteiger partial charge on any atom is -0.481 e. The molecule has 0 aliphatic heterocycles. The van der Waals surface area contributed by atoms with E-state index >= 15 is 0 Å². The van der Waals surface area contributed by atoms with Crippen LogP contribution in [0.3, 0.4) is 0 Å². The molecule has 1 aromatic rings. The van der Waals surface area contributed by atoms with Crippen molar-refractivity contribution in [1.29, 1.82) is 0 Å². The zero-order valence-corrected chi connectivity index (χ0v) is 8.06. The van der Waals surface area contributed by atoms with Gasteiger partial charge >= 0.3 is 5.97 Å². The maximum atomic E-state index is 11.0. The van der Waals surface area contributed by atoms with Crippen LogP contribution < -0.4 is 5.32 Å². The number of hydrogen-bond acceptors (Lipinski definition) is 2. The molecular formula is C11H11NO3. The van der Waals surface area contributed by atoms with Crippen molar-refractivity contribution < 1.29 is 14.7 Å². The number of anilines is 1. The number of amides is 1. The minimum absolute atomic E-state index is 0.0577. The molecule has 0 aliphatic rings. The summed E-state index contributed by atoms with van der Waals surface area (Å²) in [6.07, 6.45) is 1.10. The van der Waals surface area contributed by atoms with Crippen LogP contribution in [0.4, 0.5) is 5.69 Å². The summed E-state index contributed by atoms with van der Waals surface area (Å²) in [6.45, 7) is 3.32. The first-order chi connectivity index (χ1) is 7.11. The van der Waals surface area contributed by atoms with Crippen LogP contribution in [0.2, 0.25) is 0 Å². The number of rotatable bonds is 4. The van der Waals surface area contributed by atoms with E-state index in [0.717, 1.165) is 6.08 Å². The normalized spacial score (nSPS) is 9.33. The second-order valence-corrected chi connectivity index (χ2v) is 2.96. The molecule has 0 saturated carbocycles. The fraction of sp³-hybridized carbons (Fsp3) is 0.0909. The van der Waals surface area contributed by atoms with E-state index in [1.54, 1.807) is 24.3 Å². The van der Waals surface area contributed by atoms with Gasteiger partial charge < -0.3 is 10.4 Å². The highest BCUT2D eigenvalue weighted by Crippen LogP contribution is 2.11. The van der Waals surface area contributed by atoms with Crippen LogP contribution >= 0.6 is 0 Å². The topological polar surface area (TPSA) is 66.4 Å². The number of carbonyl (C=O) groups is 2. The molecule has 0 saturated heterocycles. The van der Waals surface area contributed by atoms with E-state index in [0.29, 0.717) is 11.3 Å². The summed E-state index contributed by atoms with van der Waals surface area (Å²) in [5, 5.41) is 11.1. The first-order valence-electron chi connectivity index (χ1n) is 4.36. The maximum Gasteiger partial charge on any atom is 0.307 e. The van der Waals surface area contributed by atoms with Gasteiger partial charge in [-0.2, -0.15) is 0 Å². The average Bonchev–Trinajstić information content (AvgIpc) is 2.17. The van der Waals surface area contributed by atoms with Crippen molar-refractivity contribution in [2.24, 2.45) is 0 Å². The Kier molecular flexibility index (Phi) is 3.62. The summed E-state index contributed by atoms with van der Waals surface area (Å²) in [7, 11) is 0. The molecule has 0 fully saturated rings. The van der Waals surface area contributed by atoms with Crippen molar-refractivity contribution in [3.8, 4) is 0 Å². The highest BCUT2D eigenvalue weighted by atomic mass is 16.4. The number of nitrogens with one attached hydrogen (secondary N) is 1. The van der Waals surface area contributed by atoms with Gasteiger partial charge in [0.05, 0.1) is 6.42 Å². The molecule has 0 bridgehead atoms. The van der Waals surface area contributed by atoms with Gasteiger partial charge in [0.2, 0.25) is 5.91 Å². The van der Waals surface area contributed by atoms with Gasteiger partial charge in [-0.1, -0.05) is 18.7 Å². The maximum absolute atomic E-state index is 11.0. The Morgan fingerprint density at radius 3 is 2.80 bits per heavy atom. The number of hydrogen-bond donors (Lipinski definition) is 2. The Balaban J connectivity index is 2.78. The molecule has 4 nitrogen and oxygen atoms in total. The molecule has 0 radical (unpaired) electrons. The summed E-state index contributed by atoms with van der Waals surface area (Å²) in [5.74, 6) is -1.22. The summed E-state index contributed by atoms with van der Waals surface area (Å²) >= 11 is 0. The molecule has 15 heavy (non-hydrogen) atoms. The monoisotopic (exact) mass is 205 g/mol. The van der Waals surface area contributed by atoms with Gasteiger partial charge in [-0.25, -0.2) is 0 Å². The molecule has 1 rings (SSSR count). The first kappa shape index (κ1) is 11.0. The second kappa shape index (κ2) is 4.95. The van der Waals surface area contributed by atoms with Crippen LogP contribution in [0.15, 0.2) is 36.9 Å². The van der Waals surface area contributed by atoms with Crippen molar-refractivity contribution >= 4 is 17.6 Å². The summed E-state index contributed by atoms with van der Waals surface area (Å²) < 4.78 is 0. The lowest BCUT2D eigenvalue weighted by molar-refractivity contribution is -0.136. The molecule has 0 spiro atoms. The van der Waals surface area contributed by atoms with Gasteiger partial charge in [0.25, 0.3) is 0 Å². The number of carboxylic acids is 1. The van der Waals surface area contributed by atoms with Crippen molar-refractivity contribution in [2.75, 3.05) is 5.32 Å². The van der Waals surface area contributed by atoms with Gasteiger partial charge in [-0.3, -0.25) is 9.59 Å². The molecule has 0 unspecified atom stereocenters. The molecule has 1 aromatic carbocycles. The number of aliphatic carboxylic acids is 1. The largest absolute Gasteiger partial charge is 0.481 e. The van der Waals surface area contributed by atoms with Gasteiger partial charge in [0, 0.05) is 5.69 Å². The SMILES string of the molecule is C=CC(=O)Nc1cccc(CC(=O)O)c1. The van der Waals surface area contributed by atoms with Crippen molar-refractivity contribution in [1.82, 2.24) is 0 Å². The van der Waals surface area contributed by atoms with Crippen LogP contribution in [-0.2, 0) is 16.0 Å². The van der Waals surface area contributed by atoms with Crippen LogP contribution in [0, 0.1) is 0 Å². The van der Waals surface area contributed by atoms with E-state index in [4.69, 9.17) is 5.11 Å². The van der Waals surface area contributed by atoms with E-state index < -0.39 is 5.97 Å². The molecule has 78 valence electrons. The predicted molar refractivity (Wildman–Crippen MR) is 56.6 cm³/mol. The third-order valence-corrected chi connectivity index (χ3v) is 1.74. The van der Waals surface area contributed by atoms with E-state index in [1.807, 2.05) is 0 Å². The summed E-state index contributed by atoms with van der Waals surface area (Å²) in [4.78, 5) is 21.4. The zero-order valence-electron chi connectivity index (χ0n) is 8.06. The Hall–Kier alpha value is -2.10. The standard InChI is InChI=1S/C11H11NO3/c1-2-10(13)12-9-5-3-4-8(6-9)7-11(14)15/h2-6H,1,7H2,(H,12,13)(H,14,15). The molecule has 2 N–H and O–H groups in total. The highest BCUT2D eigenvalue weighted by molar-refractivity contribution is 5.98. The Bertz CT molecular complexity index is 399. The molecule has 0 heterocycles. The van der Waals surface area contributed by atoms with Gasteiger partial charge in [0.1, 0.15) is 0 Å². The third kappa shape index (κ3) is 3.64. The van der Waals surface area contributed by atoms with Crippen molar-refractivity contribution in [3.63, 3.8) is 0 Å². The number of carboxylic acid groups (broad SMARTS) is 1. The highest BCUT2D eigenvalue weighted by Gasteiger charge is 2.02. The lowest BCUT2D eigenvalue weighted by atomic mass is 10.1. The Morgan fingerprint density at radius 1 is 1.47 bits per heavy atom. The molecule has 0 aliphatic carbocycles. The van der Waals surface area contributed by atoms with E-state index in [1.165, 1.54) is 0 Å². The summed E-state index contributed by atoms with van der Waals surface area (Å²) in [5.41, 5.74) is 1.21. The van der Waals surface area contributed by atoms with Crippen LogP contribution in [0.5, 0.6) is 0 Å².